The summed E-state index contributed by atoms with van der Waals surface area (Å²) in [5.74, 6) is 0.390. The van der Waals surface area contributed by atoms with Crippen molar-refractivity contribution >= 4 is 22.6 Å². The first-order valence-electron chi connectivity index (χ1n) is 15.0. The van der Waals surface area contributed by atoms with Gasteiger partial charge in [-0.1, -0.05) is 117 Å². The Bertz CT molecular complexity index is 1840. The molecule has 5 aromatic carbocycles. The minimum atomic E-state index is -0.0474. The van der Waals surface area contributed by atoms with Crippen molar-refractivity contribution in [2.45, 2.75) is 45.4 Å². The van der Waals surface area contributed by atoms with Crippen molar-refractivity contribution in [3.63, 3.8) is 0 Å². The number of aryl methyl sites for hydroxylation is 2. The maximum atomic E-state index is 2.42. The highest BCUT2D eigenvalue weighted by molar-refractivity contribution is 5.86. The van der Waals surface area contributed by atoms with Gasteiger partial charge in [-0.25, -0.2) is 0 Å². The quantitative estimate of drug-likeness (QED) is 0.213. The van der Waals surface area contributed by atoms with Crippen LogP contribution in [-0.4, -0.2) is 0 Å². The molecule has 0 aliphatic heterocycles. The third-order valence-electron chi connectivity index (χ3n) is 9.12. The number of hydrogen-bond donors (Lipinski definition) is 0. The average molecular weight is 544 g/mol. The van der Waals surface area contributed by atoms with E-state index < -0.39 is 0 Å². The highest BCUT2D eigenvalue weighted by Gasteiger charge is 2.36. The van der Waals surface area contributed by atoms with E-state index in [1.165, 1.54) is 67.1 Å². The van der Waals surface area contributed by atoms with Gasteiger partial charge < -0.3 is 4.90 Å². The number of benzene rings is 5. The van der Waals surface area contributed by atoms with Crippen LogP contribution in [-0.2, 0) is 5.41 Å². The molecule has 0 spiro atoms. The Morgan fingerprint density at radius 3 is 2.00 bits per heavy atom. The molecule has 0 saturated carbocycles. The summed E-state index contributed by atoms with van der Waals surface area (Å²) in [6.07, 6.45) is 8.03. The lowest BCUT2D eigenvalue weighted by Gasteiger charge is -2.29. The van der Waals surface area contributed by atoms with E-state index in [2.05, 4.69) is 166 Å². The molecule has 1 unspecified atom stereocenters. The van der Waals surface area contributed by atoms with Gasteiger partial charge in [-0.05, 0) is 101 Å². The van der Waals surface area contributed by atoms with Gasteiger partial charge in [0, 0.05) is 28.4 Å². The Hall–Kier alpha value is -4.62. The second kappa shape index (κ2) is 10.3. The molecule has 206 valence electrons. The van der Waals surface area contributed by atoms with E-state index in [1.54, 1.807) is 0 Å². The minimum absolute atomic E-state index is 0.0474. The summed E-state index contributed by atoms with van der Waals surface area (Å²) >= 11 is 0. The summed E-state index contributed by atoms with van der Waals surface area (Å²) in [6, 6.07) is 42.6. The Kier molecular flexibility index (Phi) is 6.47. The Morgan fingerprint density at radius 2 is 1.29 bits per heavy atom. The van der Waals surface area contributed by atoms with Crippen molar-refractivity contribution in [1.82, 2.24) is 0 Å². The number of rotatable bonds is 5. The molecule has 5 aromatic rings. The first kappa shape index (κ1) is 26.3. The zero-order chi connectivity index (χ0) is 28.8. The van der Waals surface area contributed by atoms with Gasteiger partial charge in [-0.2, -0.15) is 0 Å². The van der Waals surface area contributed by atoms with Crippen LogP contribution in [0.15, 0.2) is 133 Å². The van der Waals surface area contributed by atoms with E-state index in [-0.39, 0.29) is 5.41 Å². The van der Waals surface area contributed by atoms with Crippen LogP contribution in [0.5, 0.6) is 0 Å². The second-order valence-electron chi connectivity index (χ2n) is 12.4. The minimum Gasteiger partial charge on any atom is -0.310 e. The zero-order valence-electron chi connectivity index (χ0n) is 24.9. The Balaban J connectivity index is 1.24. The number of nitrogens with zero attached hydrogens (tertiary/aromatic N) is 1. The van der Waals surface area contributed by atoms with Gasteiger partial charge in [0.1, 0.15) is 0 Å². The standard InChI is InChI=1S/C41H37N/c1-28-9-8-12-35(25-28)42(36-22-24-38-37-23-13-29(2)26-39(37)41(3,4)40(38)27-36)34-20-18-33(19-21-34)32-16-14-31(15-17-32)30-10-6-5-7-11-30/h5-16,18-27,32H,17H2,1-4H3. The molecule has 1 heteroatoms. The molecular weight excluding hydrogens is 506 g/mol. The molecule has 0 bridgehead atoms. The molecule has 1 atom stereocenters. The molecule has 0 fully saturated rings. The first-order valence-corrected chi connectivity index (χ1v) is 15.0. The summed E-state index contributed by atoms with van der Waals surface area (Å²) in [7, 11) is 0. The van der Waals surface area contributed by atoms with Crippen molar-refractivity contribution in [2.24, 2.45) is 0 Å². The SMILES string of the molecule is Cc1cccc(N(c2ccc(C3C=CC(c4ccccc4)=CC3)cc2)c2ccc3c(c2)C(C)(C)c2cc(C)ccc2-3)c1. The smallest absolute Gasteiger partial charge is 0.0465 e. The van der Waals surface area contributed by atoms with Crippen molar-refractivity contribution < 1.29 is 0 Å². The van der Waals surface area contributed by atoms with Crippen LogP contribution >= 0.6 is 0 Å². The van der Waals surface area contributed by atoms with E-state index in [4.69, 9.17) is 0 Å². The lowest BCUT2D eigenvalue weighted by Crippen LogP contribution is -2.16. The highest BCUT2D eigenvalue weighted by Crippen LogP contribution is 2.51. The first-order chi connectivity index (χ1) is 20.4. The Morgan fingerprint density at radius 1 is 0.619 bits per heavy atom. The van der Waals surface area contributed by atoms with Crippen LogP contribution in [0, 0.1) is 13.8 Å². The van der Waals surface area contributed by atoms with Gasteiger partial charge in [0.2, 0.25) is 0 Å². The topological polar surface area (TPSA) is 3.24 Å². The third-order valence-corrected chi connectivity index (χ3v) is 9.12. The summed E-state index contributed by atoms with van der Waals surface area (Å²) in [6.45, 7) is 9.09. The number of fused-ring (bicyclic) bond motifs is 3. The summed E-state index contributed by atoms with van der Waals surface area (Å²) in [5.41, 5.74) is 15.5. The Labute approximate surface area is 250 Å². The molecule has 1 nitrogen and oxygen atoms in total. The van der Waals surface area contributed by atoms with E-state index in [9.17, 15) is 0 Å². The number of hydrogen-bond acceptors (Lipinski definition) is 1. The maximum Gasteiger partial charge on any atom is 0.0465 e. The molecule has 0 aromatic heterocycles. The monoisotopic (exact) mass is 543 g/mol. The molecule has 2 aliphatic rings. The fourth-order valence-electron chi connectivity index (χ4n) is 6.78. The molecule has 7 rings (SSSR count). The average Bonchev–Trinajstić information content (AvgIpc) is 3.23. The van der Waals surface area contributed by atoms with Crippen molar-refractivity contribution in [1.29, 1.82) is 0 Å². The highest BCUT2D eigenvalue weighted by atomic mass is 15.1. The predicted octanol–water partition coefficient (Wildman–Crippen LogP) is 11.2. The molecule has 2 aliphatic carbocycles. The number of allylic oxidation sites excluding steroid dienone is 4. The van der Waals surface area contributed by atoms with E-state index in [0.29, 0.717) is 5.92 Å². The molecule has 42 heavy (non-hydrogen) atoms. The lowest BCUT2D eigenvalue weighted by atomic mass is 9.82. The van der Waals surface area contributed by atoms with Gasteiger partial charge in [0.25, 0.3) is 0 Å². The molecular formula is C41H37N. The van der Waals surface area contributed by atoms with E-state index >= 15 is 0 Å². The molecule has 0 saturated heterocycles. The van der Waals surface area contributed by atoms with Crippen LogP contribution in [0.25, 0.3) is 16.7 Å². The van der Waals surface area contributed by atoms with E-state index in [0.717, 1.165) is 6.42 Å². The van der Waals surface area contributed by atoms with Gasteiger partial charge >= 0.3 is 0 Å². The van der Waals surface area contributed by atoms with Crippen LogP contribution in [0.3, 0.4) is 0 Å². The van der Waals surface area contributed by atoms with Gasteiger partial charge in [-0.3, -0.25) is 0 Å². The van der Waals surface area contributed by atoms with Crippen LogP contribution in [0.1, 0.15) is 59.6 Å². The largest absolute Gasteiger partial charge is 0.310 e. The van der Waals surface area contributed by atoms with Crippen LogP contribution in [0.2, 0.25) is 0 Å². The molecule has 0 amide bonds. The maximum absolute atomic E-state index is 2.42. The summed E-state index contributed by atoms with van der Waals surface area (Å²) < 4.78 is 0. The van der Waals surface area contributed by atoms with Gasteiger partial charge in [0.15, 0.2) is 0 Å². The summed E-state index contributed by atoms with van der Waals surface area (Å²) in [4.78, 5) is 2.41. The molecule has 0 N–H and O–H groups in total. The van der Waals surface area contributed by atoms with E-state index in [1.807, 2.05) is 0 Å². The van der Waals surface area contributed by atoms with Gasteiger partial charge in [0.05, 0.1) is 0 Å². The van der Waals surface area contributed by atoms with Crippen molar-refractivity contribution in [3.8, 4) is 11.1 Å². The fraction of sp³-hybridized carbons (Fsp3) is 0.171. The molecule has 0 radical (unpaired) electrons. The lowest BCUT2D eigenvalue weighted by molar-refractivity contribution is 0.660. The van der Waals surface area contributed by atoms with Gasteiger partial charge in [-0.15, -0.1) is 0 Å². The summed E-state index contributed by atoms with van der Waals surface area (Å²) in [5, 5.41) is 0. The second-order valence-corrected chi connectivity index (χ2v) is 12.4. The normalized spacial score (nSPS) is 16.5. The third kappa shape index (κ3) is 4.60. The van der Waals surface area contributed by atoms with Crippen LogP contribution < -0.4 is 4.90 Å². The number of anilines is 3. The zero-order valence-corrected chi connectivity index (χ0v) is 24.9. The fourth-order valence-corrected chi connectivity index (χ4v) is 6.78. The van der Waals surface area contributed by atoms with Crippen molar-refractivity contribution in [2.75, 3.05) is 4.90 Å². The van der Waals surface area contributed by atoms with Crippen molar-refractivity contribution in [3.05, 3.63) is 167 Å². The predicted molar refractivity (Wildman–Crippen MR) is 179 cm³/mol. The molecule has 0 heterocycles. The van der Waals surface area contributed by atoms with Crippen LogP contribution in [0.4, 0.5) is 17.1 Å².